The molecule has 0 fully saturated rings. The summed E-state index contributed by atoms with van der Waals surface area (Å²) in [4.78, 5) is 16.1. The Hall–Kier alpha value is -1.88. The SMILES string of the molecule is Cc1cc2n(C)c3cc(Cl)ncc3c(=O)n2n1. The van der Waals surface area contributed by atoms with Gasteiger partial charge in [0.2, 0.25) is 0 Å². The molecule has 0 aliphatic rings. The average Bonchev–Trinajstić information content (AvgIpc) is 2.68. The molecule has 0 saturated carbocycles. The van der Waals surface area contributed by atoms with Gasteiger partial charge in [0.1, 0.15) is 10.8 Å². The van der Waals surface area contributed by atoms with E-state index < -0.39 is 0 Å². The third-order valence-corrected chi connectivity index (χ3v) is 3.00. The molecule has 0 atom stereocenters. The van der Waals surface area contributed by atoms with E-state index in [4.69, 9.17) is 11.6 Å². The summed E-state index contributed by atoms with van der Waals surface area (Å²) in [7, 11) is 1.87. The highest BCUT2D eigenvalue weighted by atomic mass is 35.5. The zero-order valence-electron chi connectivity index (χ0n) is 9.31. The molecule has 86 valence electrons. The summed E-state index contributed by atoms with van der Waals surface area (Å²) in [6, 6.07) is 3.54. The maximum absolute atomic E-state index is 12.2. The van der Waals surface area contributed by atoms with Gasteiger partial charge >= 0.3 is 0 Å². The first kappa shape index (κ1) is 10.3. The number of nitrogens with zero attached hydrogens (tertiary/aromatic N) is 4. The maximum atomic E-state index is 12.2. The van der Waals surface area contributed by atoms with Crippen LogP contribution in [0.15, 0.2) is 23.1 Å². The first-order chi connectivity index (χ1) is 8.08. The molecule has 0 bridgehead atoms. The maximum Gasteiger partial charge on any atom is 0.283 e. The highest BCUT2D eigenvalue weighted by molar-refractivity contribution is 6.30. The van der Waals surface area contributed by atoms with E-state index in [-0.39, 0.29) is 5.56 Å². The Kier molecular flexibility index (Phi) is 2.00. The largest absolute Gasteiger partial charge is 0.328 e. The first-order valence-electron chi connectivity index (χ1n) is 5.08. The molecule has 0 saturated heterocycles. The molecule has 6 heteroatoms. The minimum Gasteiger partial charge on any atom is -0.328 e. The van der Waals surface area contributed by atoms with Gasteiger partial charge in [-0.25, -0.2) is 4.98 Å². The van der Waals surface area contributed by atoms with Crippen molar-refractivity contribution in [1.82, 2.24) is 19.2 Å². The Balaban J connectivity index is 2.67. The van der Waals surface area contributed by atoms with E-state index in [1.54, 1.807) is 6.07 Å². The lowest BCUT2D eigenvalue weighted by molar-refractivity contribution is 0.846. The lowest BCUT2D eigenvalue weighted by Crippen LogP contribution is -2.18. The standard InChI is InChI=1S/C11H9ClN4O/c1-6-3-10-15(2)8-4-9(12)13-5-7(8)11(17)16(10)14-6/h3-5H,1-2H3. The number of hydrogen-bond donors (Lipinski definition) is 0. The van der Waals surface area contributed by atoms with E-state index in [1.165, 1.54) is 10.7 Å². The van der Waals surface area contributed by atoms with E-state index in [9.17, 15) is 4.79 Å². The van der Waals surface area contributed by atoms with Gasteiger partial charge in [-0.05, 0) is 6.92 Å². The molecule has 0 aliphatic carbocycles. The average molecular weight is 249 g/mol. The van der Waals surface area contributed by atoms with Gasteiger partial charge in [0.15, 0.2) is 0 Å². The van der Waals surface area contributed by atoms with E-state index in [2.05, 4.69) is 10.1 Å². The van der Waals surface area contributed by atoms with Crippen molar-refractivity contribution >= 4 is 28.2 Å². The van der Waals surface area contributed by atoms with Crippen LogP contribution < -0.4 is 5.56 Å². The fraction of sp³-hybridized carbons (Fsp3) is 0.182. The van der Waals surface area contributed by atoms with Crippen molar-refractivity contribution in [3.8, 4) is 0 Å². The van der Waals surface area contributed by atoms with E-state index >= 15 is 0 Å². The topological polar surface area (TPSA) is 52.2 Å². The Labute approximate surface area is 101 Å². The van der Waals surface area contributed by atoms with Gasteiger partial charge in [-0.2, -0.15) is 9.61 Å². The molecule has 0 N–H and O–H groups in total. The summed E-state index contributed by atoms with van der Waals surface area (Å²) in [6.07, 6.45) is 1.48. The highest BCUT2D eigenvalue weighted by Crippen LogP contribution is 2.16. The summed E-state index contributed by atoms with van der Waals surface area (Å²) < 4.78 is 3.26. The van der Waals surface area contributed by atoms with Crippen molar-refractivity contribution in [2.45, 2.75) is 6.92 Å². The molecule has 3 aromatic heterocycles. The third-order valence-electron chi connectivity index (χ3n) is 2.79. The lowest BCUT2D eigenvalue weighted by atomic mass is 10.3. The summed E-state index contributed by atoms with van der Waals surface area (Å²) in [5.41, 5.74) is 2.11. The van der Waals surface area contributed by atoms with Crippen LogP contribution in [0.1, 0.15) is 5.69 Å². The van der Waals surface area contributed by atoms with E-state index in [1.807, 2.05) is 24.6 Å². The summed E-state index contributed by atoms with van der Waals surface area (Å²) in [5.74, 6) is 0. The molecular formula is C11H9ClN4O. The normalized spacial score (nSPS) is 11.5. The van der Waals surface area contributed by atoms with Crippen molar-refractivity contribution < 1.29 is 0 Å². The van der Waals surface area contributed by atoms with Gasteiger partial charge in [-0.15, -0.1) is 0 Å². The van der Waals surface area contributed by atoms with Crippen molar-refractivity contribution in [1.29, 1.82) is 0 Å². The number of rotatable bonds is 0. The molecule has 0 spiro atoms. The van der Waals surface area contributed by atoms with Gasteiger partial charge < -0.3 is 4.57 Å². The lowest BCUT2D eigenvalue weighted by Gasteiger charge is -2.07. The number of aryl methyl sites for hydroxylation is 2. The molecular weight excluding hydrogens is 240 g/mol. The van der Waals surface area contributed by atoms with Crippen molar-refractivity contribution in [3.05, 3.63) is 39.5 Å². The zero-order chi connectivity index (χ0) is 12.2. The van der Waals surface area contributed by atoms with Crippen LogP contribution in [0.3, 0.4) is 0 Å². The molecule has 3 heterocycles. The predicted molar refractivity (Wildman–Crippen MR) is 65.5 cm³/mol. The van der Waals surface area contributed by atoms with E-state index in [0.717, 1.165) is 16.9 Å². The minimum atomic E-state index is -0.176. The molecule has 0 radical (unpaired) electrons. The predicted octanol–water partition coefficient (Wildman–Crippen LogP) is 1.54. The van der Waals surface area contributed by atoms with Crippen molar-refractivity contribution in [2.24, 2.45) is 7.05 Å². The number of fused-ring (bicyclic) bond motifs is 2. The summed E-state index contributed by atoms with van der Waals surface area (Å²) in [5, 5.41) is 5.04. The van der Waals surface area contributed by atoms with Gasteiger partial charge in [0, 0.05) is 25.4 Å². The van der Waals surface area contributed by atoms with E-state index in [0.29, 0.717) is 10.5 Å². The smallest absolute Gasteiger partial charge is 0.283 e. The molecule has 5 nitrogen and oxygen atoms in total. The van der Waals surface area contributed by atoms with Crippen LogP contribution >= 0.6 is 11.6 Å². The van der Waals surface area contributed by atoms with Crippen LogP contribution in [-0.4, -0.2) is 19.2 Å². The quantitative estimate of drug-likeness (QED) is 0.567. The fourth-order valence-corrected chi connectivity index (χ4v) is 2.13. The molecule has 3 rings (SSSR count). The Bertz CT molecular complexity index is 802. The molecule has 17 heavy (non-hydrogen) atoms. The number of pyridine rings is 1. The second-order valence-corrected chi connectivity index (χ2v) is 4.33. The van der Waals surface area contributed by atoms with Gasteiger partial charge in [-0.3, -0.25) is 4.79 Å². The molecule has 0 unspecified atom stereocenters. The second kappa shape index (κ2) is 3.30. The second-order valence-electron chi connectivity index (χ2n) is 3.94. The Morgan fingerprint density at radius 1 is 1.35 bits per heavy atom. The van der Waals surface area contributed by atoms with Crippen LogP contribution in [0.5, 0.6) is 0 Å². The zero-order valence-corrected chi connectivity index (χ0v) is 10.1. The Morgan fingerprint density at radius 3 is 2.88 bits per heavy atom. The Morgan fingerprint density at radius 2 is 2.12 bits per heavy atom. The third kappa shape index (κ3) is 1.36. The van der Waals surface area contributed by atoms with Crippen LogP contribution in [0, 0.1) is 6.92 Å². The molecule has 3 aromatic rings. The van der Waals surface area contributed by atoms with Crippen molar-refractivity contribution in [3.63, 3.8) is 0 Å². The molecule has 0 amide bonds. The summed E-state index contributed by atoms with van der Waals surface area (Å²) >= 11 is 5.85. The fourth-order valence-electron chi connectivity index (χ4n) is 1.97. The molecule has 0 aromatic carbocycles. The number of aromatic nitrogens is 4. The molecule has 0 aliphatic heterocycles. The van der Waals surface area contributed by atoms with Gasteiger partial charge in [-0.1, -0.05) is 11.6 Å². The van der Waals surface area contributed by atoms with Gasteiger partial charge in [0.05, 0.1) is 16.6 Å². The van der Waals surface area contributed by atoms with Crippen molar-refractivity contribution in [2.75, 3.05) is 0 Å². The van der Waals surface area contributed by atoms with Crippen LogP contribution in [0.25, 0.3) is 16.6 Å². The van der Waals surface area contributed by atoms with Crippen LogP contribution in [0.2, 0.25) is 5.15 Å². The van der Waals surface area contributed by atoms with Crippen LogP contribution in [-0.2, 0) is 7.05 Å². The minimum absolute atomic E-state index is 0.176. The first-order valence-corrected chi connectivity index (χ1v) is 5.46. The number of halogens is 1. The highest BCUT2D eigenvalue weighted by Gasteiger charge is 2.10. The number of hydrogen-bond acceptors (Lipinski definition) is 3. The monoisotopic (exact) mass is 248 g/mol. The van der Waals surface area contributed by atoms with Crippen LogP contribution in [0.4, 0.5) is 0 Å². The summed E-state index contributed by atoms with van der Waals surface area (Å²) in [6.45, 7) is 1.85. The van der Waals surface area contributed by atoms with Gasteiger partial charge in [0.25, 0.3) is 5.56 Å².